The molecular formula is C9H8BrClF4N2. The van der Waals surface area contributed by atoms with Crippen molar-refractivity contribution >= 4 is 27.5 Å². The predicted octanol–water partition coefficient (Wildman–Crippen LogP) is 3.70. The van der Waals surface area contributed by atoms with Crippen molar-refractivity contribution in [2.45, 2.75) is 18.6 Å². The van der Waals surface area contributed by atoms with Crippen LogP contribution in [0.25, 0.3) is 0 Å². The van der Waals surface area contributed by atoms with E-state index in [4.69, 9.17) is 17.4 Å². The van der Waals surface area contributed by atoms with E-state index in [1.54, 1.807) is 0 Å². The van der Waals surface area contributed by atoms with Crippen LogP contribution in [-0.4, -0.2) is 6.18 Å². The molecule has 1 unspecified atom stereocenters. The maximum Gasteiger partial charge on any atom is 0.390 e. The van der Waals surface area contributed by atoms with Crippen LogP contribution in [0.4, 0.5) is 17.6 Å². The molecule has 17 heavy (non-hydrogen) atoms. The van der Waals surface area contributed by atoms with Gasteiger partial charge < -0.3 is 0 Å². The molecule has 0 aromatic heterocycles. The Morgan fingerprint density at radius 3 is 2.47 bits per heavy atom. The molecule has 3 N–H and O–H groups in total. The van der Waals surface area contributed by atoms with Crippen LogP contribution >= 0.6 is 27.5 Å². The van der Waals surface area contributed by atoms with Crippen molar-refractivity contribution < 1.29 is 17.6 Å². The molecule has 1 rings (SSSR count). The minimum atomic E-state index is -4.46. The van der Waals surface area contributed by atoms with Crippen LogP contribution in [0.1, 0.15) is 18.0 Å². The van der Waals surface area contributed by atoms with Gasteiger partial charge in [-0.05, 0) is 22.0 Å². The summed E-state index contributed by atoms with van der Waals surface area (Å²) in [6.07, 6.45) is -5.73. The second-order valence-corrected chi connectivity index (χ2v) is 4.54. The number of alkyl halides is 3. The number of halogens is 6. The van der Waals surface area contributed by atoms with Gasteiger partial charge >= 0.3 is 6.18 Å². The largest absolute Gasteiger partial charge is 0.390 e. The van der Waals surface area contributed by atoms with Crippen LogP contribution in [0.5, 0.6) is 0 Å². The lowest BCUT2D eigenvalue weighted by molar-refractivity contribution is -0.140. The van der Waals surface area contributed by atoms with Gasteiger partial charge in [0.1, 0.15) is 5.82 Å². The Labute approximate surface area is 108 Å². The lowest BCUT2D eigenvalue weighted by Gasteiger charge is -2.19. The van der Waals surface area contributed by atoms with E-state index in [9.17, 15) is 17.6 Å². The number of hydrogen-bond acceptors (Lipinski definition) is 2. The monoisotopic (exact) mass is 334 g/mol. The molecular weight excluding hydrogens is 327 g/mol. The first-order chi connectivity index (χ1) is 7.76. The number of hydrazine groups is 1. The standard InChI is InChI=1S/C9H8BrClF4N2/c10-5-2-1-4(8(12)7(5)11)6(17-16)3-9(13,14)15/h1-2,6,17H,3,16H2. The van der Waals surface area contributed by atoms with Crippen LogP contribution < -0.4 is 11.3 Å². The molecule has 0 saturated heterocycles. The molecule has 0 bridgehead atoms. The van der Waals surface area contributed by atoms with Gasteiger partial charge in [0.05, 0.1) is 17.5 Å². The van der Waals surface area contributed by atoms with E-state index in [-0.39, 0.29) is 15.1 Å². The van der Waals surface area contributed by atoms with Gasteiger partial charge in [0.15, 0.2) is 0 Å². The Morgan fingerprint density at radius 2 is 2.00 bits per heavy atom. The Kier molecular flexibility index (Phi) is 4.77. The quantitative estimate of drug-likeness (QED) is 0.382. The first-order valence-corrected chi connectivity index (χ1v) is 5.59. The van der Waals surface area contributed by atoms with Gasteiger partial charge in [0.2, 0.25) is 0 Å². The van der Waals surface area contributed by atoms with E-state index in [0.29, 0.717) is 0 Å². The summed E-state index contributed by atoms with van der Waals surface area (Å²) in [5.41, 5.74) is 1.70. The fraction of sp³-hybridized carbons (Fsp3) is 0.333. The highest BCUT2D eigenvalue weighted by Gasteiger charge is 2.33. The van der Waals surface area contributed by atoms with Gasteiger partial charge in [-0.25, -0.2) is 4.39 Å². The molecule has 8 heteroatoms. The average molecular weight is 336 g/mol. The van der Waals surface area contributed by atoms with Gasteiger partial charge in [-0.3, -0.25) is 11.3 Å². The van der Waals surface area contributed by atoms with Crippen LogP contribution in [0.3, 0.4) is 0 Å². The Bertz CT molecular complexity index is 411. The van der Waals surface area contributed by atoms with Crippen molar-refractivity contribution in [2.24, 2.45) is 5.84 Å². The van der Waals surface area contributed by atoms with E-state index in [1.807, 2.05) is 5.43 Å². The number of hydrogen-bond donors (Lipinski definition) is 2. The van der Waals surface area contributed by atoms with Gasteiger partial charge in [0, 0.05) is 10.0 Å². The van der Waals surface area contributed by atoms with Crippen molar-refractivity contribution in [3.8, 4) is 0 Å². The van der Waals surface area contributed by atoms with Gasteiger partial charge in [-0.15, -0.1) is 0 Å². The van der Waals surface area contributed by atoms with E-state index < -0.39 is 24.5 Å². The molecule has 96 valence electrons. The Hall–Kier alpha value is -0.370. The molecule has 0 aliphatic carbocycles. The molecule has 0 amide bonds. The van der Waals surface area contributed by atoms with Crippen molar-refractivity contribution in [1.82, 2.24) is 5.43 Å². The molecule has 0 fully saturated rings. The van der Waals surface area contributed by atoms with E-state index >= 15 is 0 Å². The minimum Gasteiger partial charge on any atom is -0.271 e. The highest BCUT2D eigenvalue weighted by atomic mass is 79.9. The second-order valence-electron chi connectivity index (χ2n) is 3.30. The number of rotatable bonds is 3. The van der Waals surface area contributed by atoms with Crippen molar-refractivity contribution in [1.29, 1.82) is 0 Å². The molecule has 1 atom stereocenters. The maximum absolute atomic E-state index is 13.6. The van der Waals surface area contributed by atoms with E-state index in [2.05, 4.69) is 15.9 Å². The lowest BCUT2D eigenvalue weighted by Crippen LogP contribution is -2.32. The molecule has 2 nitrogen and oxygen atoms in total. The fourth-order valence-corrected chi connectivity index (χ4v) is 1.78. The molecule has 1 aromatic carbocycles. The minimum absolute atomic E-state index is 0.224. The third kappa shape index (κ3) is 3.80. The number of nitrogens with one attached hydrogen (secondary N) is 1. The summed E-state index contributed by atoms with van der Waals surface area (Å²) in [6.45, 7) is 0. The zero-order chi connectivity index (χ0) is 13.2. The molecule has 1 aromatic rings. The molecule has 0 aliphatic heterocycles. The normalized spacial score (nSPS) is 13.8. The van der Waals surface area contributed by atoms with Crippen LogP contribution in [0.15, 0.2) is 16.6 Å². The third-order valence-electron chi connectivity index (χ3n) is 2.08. The van der Waals surface area contributed by atoms with Gasteiger partial charge in [0.25, 0.3) is 0 Å². The van der Waals surface area contributed by atoms with E-state index in [1.165, 1.54) is 12.1 Å². The highest BCUT2D eigenvalue weighted by molar-refractivity contribution is 9.10. The fourth-order valence-electron chi connectivity index (χ4n) is 1.30. The van der Waals surface area contributed by atoms with Crippen molar-refractivity contribution in [3.63, 3.8) is 0 Å². The summed E-state index contributed by atoms with van der Waals surface area (Å²) in [7, 11) is 0. The zero-order valence-electron chi connectivity index (χ0n) is 8.28. The molecule has 0 saturated carbocycles. The predicted molar refractivity (Wildman–Crippen MR) is 59.8 cm³/mol. The van der Waals surface area contributed by atoms with Crippen LogP contribution in [0, 0.1) is 5.82 Å². The SMILES string of the molecule is NNC(CC(F)(F)F)c1ccc(Br)c(Cl)c1F. The number of benzene rings is 1. The second kappa shape index (κ2) is 5.51. The smallest absolute Gasteiger partial charge is 0.271 e. The topological polar surface area (TPSA) is 38.0 Å². The highest BCUT2D eigenvalue weighted by Crippen LogP contribution is 2.34. The lowest BCUT2D eigenvalue weighted by atomic mass is 10.0. The van der Waals surface area contributed by atoms with Crippen molar-refractivity contribution in [2.75, 3.05) is 0 Å². The van der Waals surface area contributed by atoms with Gasteiger partial charge in [-0.2, -0.15) is 13.2 Å². The summed E-state index contributed by atoms with van der Waals surface area (Å²) >= 11 is 8.55. The average Bonchev–Trinajstić information content (AvgIpc) is 2.22. The van der Waals surface area contributed by atoms with E-state index in [0.717, 1.165) is 0 Å². The van der Waals surface area contributed by atoms with Crippen LogP contribution in [0.2, 0.25) is 5.02 Å². The molecule has 0 heterocycles. The Morgan fingerprint density at radius 1 is 1.41 bits per heavy atom. The molecule has 0 spiro atoms. The van der Waals surface area contributed by atoms with Gasteiger partial charge in [-0.1, -0.05) is 17.7 Å². The third-order valence-corrected chi connectivity index (χ3v) is 3.34. The Balaban J connectivity index is 3.09. The zero-order valence-corrected chi connectivity index (χ0v) is 10.6. The maximum atomic E-state index is 13.6. The number of nitrogens with two attached hydrogens (primary N) is 1. The first-order valence-electron chi connectivity index (χ1n) is 4.42. The summed E-state index contributed by atoms with van der Waals surface area (Å²) < 4.78 is 50.6. The molecule has 0 aliphatic rings. The summed E-state index contributed by atoms with van der Waals surface area (Å²) in [5.74, 6) is 4.07. The summed E-state index contributed by atoms with van der Waals surface area (Å²) in [6, 6.07) is 1.18. The van der Waals surface area contributed by atoms with Crippen molar-refractivity contribution in [3.05, 3.63) is 33.0 Å². The summed E-state index contributed by atoms with van der Waals surface area (Å²) in [5, 5.41) is -0.273. The first kappa shape index (κ1) is 14.7. The van der Waals surface area contributed by atoms with Crippen LogP contribution in [-0.2, 0) is 0 Å². The molecule has 0 radical (unpaired) electrons. The summed E-state index contributed by atoms with van der Waals surface area (Å²) in [4.78, 5) is 0.